The van der Waals surface area contributed by atoms with Crippen molar-refractivity contribution in [1.29, 1.82) is 0 Å². The fourth-order valence-corrected chi connectivity index (χ4v) is 2.55. The van der Waals surface area contributed by atoms with E-state index >= 15 is 0 Å². The molecule has 1 aliphatic rings. The van der Waals surface area contributed by atoms with Gasteiger partial charge in [0.25, 0.3) is 5.92 Å². The largest absolute Gasteiger partial charge is 0.508 e. The van der Waals surface area contributed by atoms with E-state index in [-0.39, 0.29) is 12.2 Å². The number of hydrogen-bond acceptors (Lipinski definition) is 1. The van der Waals surface area contributed by atoms with E-state index in [0.717, 1.165) is 0 Å². The average molecular weight is 246 g/mol. The normalized spacial score (nSPS) is 24.8. The first-order valence-corrected chi connectivity index (χ1v) is 5.79. The molecule has 0 saturated heterocycles. The summed E-state index contributed by atoms with van der Waals surface area (Å²) in [4.78, 5) is 0. The minimum Gasteiger partial charge on any atom is -0.508 e. The summed E-state index contributed by atoms with van der Waals surface area (Å²) in [5.74, 6) is -2.63. The van der Waals surface area contributed by atoms with Gasteiger partial charge in [-0.1, -0.05) is 42.5 Å². The summed E-state index contributed by atoms with van der Waals surface area (Å²) in [6, 6.07) is 14.9. The Balaban J connectivity index is 2.13. The molecular formula is C15H12F2O. The van der Waals surface area contributed by atoms with Crippen molar-refractivity contribution in [3.05, 3.63) is 65.7 Å². The van der Waals surface area contributed by atoms with Crippen molar-refractivity contribution in [2.24, 2.45) is 0 Å². The van der Waals surface area contributed by atoms with Crippen molar-refractivity contribution < 1.29 is 13.9 Å². The Morgan fingerprint density at radius 3 is 1.83 bits per heavy atom. The SMILES string of the molecule is Oc1ccc([C@@]2(c3ccccc3)CC2(F)F)cc1. The molecule has 1 fully saturated rings. The third-order valence-electron chi connectivity index (χ3n) is 3.61. The minimum atomic E-state index is -2.72. The molecule has 18 heavy (non-hydrogen) atoms. The summed E-state index contributed by atoms with van der Waals surface area (Å²) >= 11 is 0. The van der Waals surface area contributed by atoms with Crippen LogP contribution < -0.4 is 0 Å². The molecule has 0 amide bonds. The third kappa shape index (κ3) is 1.43. The maximum absolute atomic E-state index is 13.9. The molecule has 0 unspecified atom stereocenters. The molecule has 0 radical (unpaired) electrons. The second-order valence-electron chi connectivity index (χ2n) is 4.70. The minimum absolute atomic E-state index is 0.0888. The first kappa shape index (κ1) is 11.2. The van der Waals surface area contributed by atoms with Gasteiger partial charge in [0.2, 0.25) is 0 Å². The van der Waals surface area contributed by atoms with Gasteiger partial charge < -0.3 is 5.11 Å². The summed E-state index contributed by atoms with van der Waals surface area (Å²) in [7, 11) is 0. The third-order valence-corrected chi connectivity index (χ3v) is 3.61. The highest BCUT2D eigenvalue weighted by atomic mass is 19.3. The predicted molar refractivity (Wildman–Crippen MR) is 64.9 cm³/mol. The summed E-state index contributed by atoms with van der Waals surface area (Å²) in [5, 5.41) is 9.26. The molecule has 1 N–H and O–H groups in total. The maximum Gasteiger partial charge on any atom is 0.263 e. The molecule has 0 aromatic heterocycles. The van der Waals surface area contributed by atoms with Crippen LogP contribution in [-0.2, 0) is 5.41 Å². The first-order valence-electron chi connectivity index (χ1n) is 5.79. The van der Waals surface area contributed by atoms with E-state index in [2.05, 4.69) is 0 Å². The number of phenolic OH excluding ortho intramolecular Hbond substituents is 1. The van der Waals surface area contributed by atoms with Gasteiger partial charge in [-0.2, -0.15) is 0 Å². The molecule has 1 nitrogen and oxygen atoms in total. The first-order chi connectivity index (χ1) is 8.56. The highest BCUT2D eigenvalue weighted by Crippen LogP contribution is 2.65. The van der Waals surface area contributed by atoms with Gasteiger partial charge in [0.15, 0.2) is 0 Å². The van der Waals surface area contributed by atoms with Crippen LogP contribution in [0, 0.1) is 0 Å². The van der Waals surface area contributed by atoms with Crippen molar-refractivity contribution in [2.45, 2.75) is 17.8 Å². The molecule has 3 heteroatoms. The van der Waals surface area contributed by atoms with Gasteiger partial charge in [0.1, 0.15) is 5.75 Å². The average Bonchev–Trinajstić information content (AvgIpc) is 2.96. The Hall–Kier alpha value is -1.90. The monoisotopic (exact) mass is 246 g/mol. The van der Waals surface area contributed by atoms with Crippen LogP contribution in [0.4, 0.5) is 8.78 Å². The van der Waals surface area contributed by atoms with Crippen LogP contribution in [0.15, 0.2) is 54.6 Å². The van der Waals surface area contributed by atoms with E-state index in [0.29, 0.717) is 11.1 Å². The zero-order valence-electron chi connectivity index (χ0n) is 9.61. The quantitative estimate of drug-likeness (QED) is 0.856. The molecule has 2 aromatic rings. The number of aromatic hydroxyl groups is 1. The summed E-state index contributed by atoms with van der Waals surface area (Å²) in [6.45, 7) is 0. The number of halogens is 2. The standard InChI is InChI=1S/C15H12F2O/c16-15(17)10-14(15,11-4-2-1-3-5-11)12-6-8-13(18)9-7-12/h1-9,18H,10H2/t14-/m0/s1. The molecule has 2 aromatic carbocycles. The molecule has 1 aliphatic carbocycles. The highest BCUT2D eigenvalue weighted by molar-refractivity contribution is 5.51. The van der Waals surface area contributed by atoms with E-state index in [1.807, 2.05) is 6.07 Å². The Morgan fingerprint density at radius 2 is 1.33 bits per heavy atom. The van der Waals surface area contributed by atoms with Crippen LogP contribution in [-0.4, -0.2) is 11.0 Å². The zero-order chi connectivity index (χ0) is 12.8. The van der Waals surface area contributed by atoms with E-state index < -0.39 is 11.3 Å². The van der Waals surface area contributed by atoms with Crippen LogP contribution in [0.1, 0.15) is 17.5 Å². The van der Waals surface area contributed by atoms with Crippen molar-refractivity contribution in [1.82, 2.24) is 0 Å². The summed E-state index contributed by atoms with van der Waals surface area (Å²) in [5.41, 5.74) is -0.0423. The lowest BCUT2D eigenvalue weighted by Gasteiger charge is -2.17. The number of benzene rings is 2. The maximum atomic E-state index is 13.9. The van der Waals surface area contributed by atoms with Crippen LogP contribution >= 0.6 is 0 Å². The van der Waals surface area contributed by atoms with Gasteiger partial charge in [0, 0.05) is 6.42 Å². The Morgan fingerprint density at radius 1 is 0.833 bits per heavy atom. The van der Waals surface area contributed by atoms with Crippen molar-refractivity contribution >= 4 is 0 Å². The molecule has 0 bridgehead atoms. The smallest absolute Gasteiger partial charge is 0.263 e. The summed E-state index contributed by atoms with van der Waals surface area (Å²) < 4.78 is 27.7. The number of hydrogen-bond donors (Lipinski definition) is 1. The van der Waals surface area contributed by atoms with E-state index in [9.17, 15) is 13.9 Å². The van der Waals surface area contributed by atoms with Crippen molar-refractivity contribution in [2.75, 3.05) is 0 Å². The number of alkyl halides is 2. The topological polar surface area (TPSA) is 20.2 Å². The molecular weight excluding hydrogens is 234 g/mol. The Kier molecular flexibility index (Phi) is 2.21. The fraction of sp³-hybridized carbons (Fsp3) is 0.200. The van der Waals surface area contributed by atoms with Crippen molar-refractivity contribution in [3.8, 4) is 5.75 Å². The van der Waals surface area contributed by atoms with Crippen molar-refractivity contribution in [3.63, 3.8) is 0 Å². The van der Waals surface area contributed by atoms with Gasteiger partial charge >= 0.3 is 0 Å². The van der Waals surface area contributed by atoms with Gasteiger partial charge in [0.05, 0.1) is 5.41 Å². The molecule has 0 spiro atoms. The number of phenols is 1. The Labute approximate surface area is 104 Å². The van der Waals surface area contributed by atoms with Crippen LogP contribution in [0.2, 0.25) is 0 Å². The molecule has 3 rings (SSSR count). The zero-order valence-corrected chi connectivity index (χ0v) is 9.61. The fourth-order valence-electron chi connectivity index (χ4n) is 2.55. The Bertz CT molecular complexity index is 563. The lowest BCUT2D eigenvalue weighted by Crippen LogP contribution is -2.17. The molecule has 1 saturated carbocycles. The highest BCUT2D eigenvalue weighted by Gasteiger charge is 2.72. The van der Waals surface area contributed by atoms with Gasteiger partial charge in [-0.15, -0.1) is 0 Å². The molecule has 0 aliphatic heterocycles. The number of rotatable bonds is 2. The van der Waals surface area contributed by atoms with Crippen LogP contribution in [0.5, 0.6) is 5.75 Å². The molecule has 0 heterocycles. The van der Waals surface area contributed by atoms with Crippen LogP contribution in [0.25, 0.3) is 0 Å². The van der Waals surface area contributed by atoms with Gasteiger partial charge in [-0.25, -0.2) is 8.78 Å². The van der Waals surface area contributed by atoms with E-state index in [4.69, 9.17) is 0 Å². The molecule has 92 valence electrons. The second-order valence-corrected chi connectivity index (χ2v) is 4.70. The lowest BCUT2D eigenvalue weighted by molar-refractivity contribution is 0.0966. The second kappa shape index (κ2) is 3.55. The van der Waals surface area contributed by atoms with E-state index in [1.165, 1.54) is 12.1 Å². The van der Waals surface area contributed by atoms with Gasteiger partial charge in [-0.05, 0) is 23.3 Å². The lowest BCUT2D eigenvalue weighted by atomic mass is 9.87. The summed E-state index contributed by atoms with van der Waals surface area (Å²) in [6.07, 6.45) is -0.172. The molecule has 1 atom stereocenters. The predicted octanol–water partition coefficient (Wildman–Crippen LogP) is 3.72. The van der Waals surface area contributed by atoms with Crippen LogP contribution in [0.3, 0.4) is 0 Å². The van der Waals surface area contributed by atoms with Gasteiger partial charge in [-0.3, -0.25) is 0 Å². The van der Waals surface area contributed by atoms with E-state index in [1.54, 1.807) is 36.4 Å².